The van der Waals surface area contributed by atoms with Crippen molar-refractivity contribution in [1.29, 1.82) is 0 Å². The van der Waals surface area contributed by atoms with Crippen molar-refractivity contribution in [2.45, 2.75) is 19.4 Å². The lowest BCUT2D eigenvalue weighted by Crippen LogP contribution is -2.30. The predicted octanol–water partition coefficient (Wildman–Crippen LogP) is 1.60. The fourth-order valence-electron chi connectivity index (χ4n) is 2.62. The first-order valence-corrected chi connectivity index (χ1v) is 9.13. The third-order valence-electron chi connectivity index (χ3n) is 3.91. The van der Waals surface area contributed by atoms with Gasteiger partial charge in [0, 0.05) is 29.2 Å². The molecule has 0 radical (unpaired) electrons. The van der Waals surface area contributed by atoms with Gasteiger partial charge in [-0.15, -0.1) is 0 Å². The van der Waals surface area contributed by atoms with Gasteiger partial charge in [0.25, 0.3) is 0 Å². The van der Waals surface area contributed by atoms with Gasteiger partial charge in [-0.3, -0.25) is 19.3 Å². The number of nitrogens with one attached hydrogen (secondary N) is 2. The van der Waals surface area contributed by atoms with E-state index in [4.69, 9.17) is 4.84 Å². The largest absolute Gasteiger partial charge is 0.353 e. The maximum absolute atomic E-state index is 11.4. The highest BCUT2D eigenvalue weighted by atomic mass is 32.2. The Kier molecular flexibility index (Phi) is 4.93. The number of benzene rings is 1. The van der Waals surface area contributed by atoms with Gasteiger partial charge in [0.15, 0.2) is 0 Å². The number of allylic oxidation sites excluding steroid dienone is 1. The number of hydrogen-bond acceptors (Lipinski definition) is 4. The number of hydrogen-bond donors (Lipinski definition) is 2. The number of hydroxylamine groups is 1. The van der Waals surface area contributed by atoms with Gasteiger partial charge in [0.2, 0.25) is 5.91 Å². The Morgan fingerprint density at radius 2 is 2.09 bits per heavy atom. The lowest BCUT2D eigenvalue weighted by Gasteiger charge is -2.13. The summed E-state index contributed by atoms with van der Waals surface area (Å²) in [6, 6.07) is 8.26. The molecule has 1 aromatic carbocycles. The van der Waals surface area contributed by atoms with Gasteiger partial charge in [0.1, 0.15) is 6.10 Å². The topological polar surface area (TPSA) is 67.4 Å². The van der Waals surface area contributed by atoms with Crippen LogP contribution in [0, 0.1) is 0 Å². The first-order chi connectivity index (χ1) is 11.1. The molecule has 3 rings (SSSR count). The van der Waals surface area contributed by atoms with Crippen LogP contribution in [-0.2, 0) is 20.4 Å². The molecule has 2 aliphatic heterocycles. The highest BCUT2D eigenvalue weighted by Crippen LogP contribution is 2.25. The molecule has 0 aromatic heterocycles. The van der Waals surface area contributed by atoms with Crippen molar-refractivity contribution in [3.63, 3.8) is 0 Å². The Balaban J connectivity index is 1.67. The highest BCUT2D eigenvalue weighted by Gasteiger charge is 2.18. The maximum Gasteiger partial charge on any atom is 0.216 e. The van der Waals surface area contributed by atoms with Crippen molar-refractivity contribution in [2.75, 3.05) is 18.1 Å². The molecule has 0 spiro atoms. The summed E-state index contributed by atoms with van der Waals surface area (Å²) in [5, 5.41) is 2.73. The van der Waals surface area contributed by atoms with Gasteiger partial charge >= 0.3 is 0 Å². The minimum atomic E-state index is -0.693. The summed E-state index contributed by atoms with van der Waals surface area (Å²) in [6.45, 7) is 1.94. The van der Waals surface area contributed by atoms with Crippen LogP contribution in [0.15, 0.2) is 36.4 Å². The molecule has 122 valence electrons. The zero-order valence-electron chi connectivity index (χ0n) is 13.0. The van der Waals surface area contributed by atoms with E-state index in [-0.39, 0.29) is 12.0 Å². The van der Waals surface area contributed by atoms with Crippen molar-refractivity contribution < 1.29 is 13.8 Å². The van der Waals surface area contributed by atoms with Gasteiger partial charge in [-0.1, -0.05) is 30.3 Å². The van der Waals surface area contributed by atoms with Crippen LogP contribution in [0.25, 0.3) is 11.3 Å². The van der Waals surface area contributed by atoms with E-state index < -0.39 is 10.8 Å². The maximum atomic E-state index is 11.4. The molecule has 2 N–H and O–H groups in total. The summed E-state index contributed by atoms with van der Waals surface area (Å²) < 4.78 is 11.4. The van der Waals surface area contributed by atoms with Crippen LogP contribution in [0.5, 0.6) is 0 Å². The monoisotopic (exact) mass is 332 g/mol. The molecule has 0 saturated heterocycles. The summed E-state index contributed by atoms with van der Waals surface area (Å²) in [5.41, 5.74) is 7.30. The number of amides is 1. The third-order valence-corrected chi connectivity index (χ3v) is 5.10. The molecule has 2 heterocycles. The van der Waals surface area contributed by atoms with Crippen molar-refractivity contribution in [3.8, 4) is 0 Å². The number of rotatable bonds is 4. The van der Waals surface area contributed by atoms with Crippen molar-refractivity contribution >= 4 is 28.0 Å². The summed E-state index contributed by atoms with van der Waals surface area (Å²) in [5.74, 6) is 1.34. The molecular weight excluding hydrogens is 312 g/mol. The summed E-state index contributed by atoms with van der Waals surface area (Å²) in [7, 11) is -0.693. The lowest BCUT2D eigenvalue weighted by atomic mass is 10.0. The first kappa shape index (κ1) is 16.0. The minimum Gasteiger partial charge on any atom is -0.353 e. The molecule has 5 nitrogen and oxygen atoms in total. The summed E-state index contributed by atoms with van der Waals surface area (Å²) in [4.78, 5) is 16.4. The second-order valence-electron chi connectivity index (χ2n) is 5.64. The first-order valence-electron chi connectivity index (χ1n) is 7.64. The molecule has 2 aliphatic rings. The van der Waals surface area contributed by atoms with Crippen molar-refractivity contribution in [3.05, 3.63) is 47.5 Å². The second-order valence-corrected chi connectivity index (χ2v) is 7.26. The molecule has 1 amide bonds. The quantitative estimate of drug-likeness (QED) is 0.879. The molecule has 0 saturated carbocycles. The Morgan fingerprint density at radius 3 is 2.74 bits per heavy atom. The lowest BCUT2D eigenvalue weighted by molar-refractivity contribution is -0.119. The average molecular weight is 332 g/mol. The van der Waals surface area contributed by atoms with Gasteiger partial charge in [-0.05, 0) is 29.2 Å². The fraction of sp³-hybridized carbons (Fsp3) is 0.353. The zero-order valence-corrected chi connectivity index (χ0v) is 13.8. The smallest absolute Gasteiger partial charge is 0.216 e. The van der Waals surface area contributed by atoms with E-state index in [0.717, 1.165) is 23.4 Å². The van der Waals surface area contributed by atoms with Gasteiger partial charge < -0.3 is 5.32 Å². The predicted molar refractivity (Wildman–Crippen MR) is 91.6 cm³/mol. The SMILES string of the molecule is CC(=O)NCC1C=C(c2ccc(C3=CCS(=O)CC3)cc2)NO1. The van der Waals surface area contributed by atoms with E-state index in [9.17, 15) is 9.00 Å². The molecular formula is C17H20N2O3S. The molecule has 2 atom stereocenters. The van der Waals surface area contributed by atoms with Crippen LogP contribution in [-0.4, -0.2) is 34.3 Å². The van der Waals surface area contributed by atoms with Crippen LogP contribution in [0.1, 0.15) is 24.5 Å². The normalized spacial score (nSPS) is 23.7. The summed E-state index contributed by atoms with van der Waals surface area (Å²) in [6.07, 6.45) is 4.75. The number of carbonyl (C=O) groups is 1. The Morgan fingerprint density at radius 1 is 1.35 bits per heavy atom. The molecule has 0 fully saturated rings. The fourth-order valence-corrected chi connectivity index (χ4v) is 3.62. The molecule has 2 unspecified atom stereocenters. The van der Waals surface area contributed by atoms with Gasteiger partial charge in [-0.25, -0.2) is 0 Å². The highest BCUT2D eigenvalue weighted by molar-refractivity contribution is 7.85. The van der Waals surface area contributed by atoms with E-state index in [0.29, 0.717) is 12.3 Å². The Labute approximate surface area is 138 Å². The molecule has 0 aliphatic carbocycles. The summed E-state index contributed by atoms with van der Waals surface area (Å²) >= 11 is 0. The van der Waals surface area contributed by atoms with E-state index in [1.54, 1.807) is 0 Å². The van der Waals surface area contributed by atoms with Gasteiger partial charge in [-0.2, -0.15) is 0 Å². The zero-order chi connectivity index (χ0) is 16.2. The van der Waals surface area contributed by atoms with Crippen LogP contribution in [0.3, 0.4) is 0 Å². The van der Waals surface area contributed by atoms with Crippen LogP contribution < -0.4 is 10.8 Å². The third kappa shape index (κ3) is 4.09. The molecule has 23 heavy (non-hydrogen) atoms. The van der Waals surface area contributed by atoms with Crippen LogP contribution in [0.4, 0.5) is 0 Å². The van der Waals surface area contributed by atoms with E-state index in [2.05, 4.69) is 29.0 Å². The average Bonchev–Trinajstić information content (AvgIpc) is 3.03. The second kappa shape index (κ2) is 7.10. The van der Waals surface area contributed by atoms with Crippen molar-refractivity contribution in [1.82, 2.24) is 10.8 Å². The Hall–Kier alpha value is -1.92. The van der Waals surface area contributed by atoms with E-state index in [1.807, 2.05) is 18.2 Å². The van der Waals surface area contributed by atoms with Gasteiger partial charge in [0.05, 0.1) is 12.2 Å². The van der Waals surface area contributed by atoms with E-state index in [1.165, 1.54) is 18.1 Å². The molecule has 0 bridgehead atoms. The van der Waals surface area contributed by atoms with Crippen molar-refractivity contribution in [2.24, 2.45) is 0 Å². The number of carbonyl (C=O) groups excluding carboxylic acids is 1. The standard InChI is InChI=1S/C17H20N2O3S/c1-12(20)18-11-16-10-17(19-22-16)15-4-2-13(3-5-15)14-6-8-23(21)9-7-14/h2-6,10,16,19H,7-9,11H2,1H3,(H,18,20). The van der Waals surface area contributed by atoms with Crippen LogP contribution >= 0.6 is 0 Å². The van der Waals surface area contributed by atoms with E-state index >= 15 is 0 Å². The molecule has 1 aromatic rings. The minimum absolute atomic E-state index is 0.0681. The molecule has 6 heteroatoms. The van der Waals surface area contributed by atoms with Crippen LogP contribution in [0.2, 0.25) is 0 Å². The Bertz CT molecular complexity index is 680.